The molecule has 1 fully saturated rings. The molecule has 0 radical (unpaired) electrons. The Morgan fingerprint density at radius 2 is 2.30 bits per heavy atom. The van der Waals surface area contributed by atoms with Gasteiger partial charge in [0, 0.05) is 12.6 Å². The van der Waals surface area contributed by atoms with Crippen LogP contribution in [0.3, 0.4) is 0 Å². The summed E-state index contributed by atoms with van der Waals surface area (Å²) in [6.07, 6.45) is 0.712. The quantitative estimate of drug-likeness (QED) is 0.419. The highest BCUT2D eigenvalue weighted by Crippen LogP contribution is 1.94. The van der Waals surface area contributed by atoms with E-state index in [9.17, 15) is 8.42 Å². The van der Waals surface area contributed by atoms with Crippen LogP contribution in [-0.2, 0) is 10.3 Å². The van der Waals surface area contributed by atoms with E-state index in [-0.39, 0.29) is 6.04 Å². The van der Waals surface area contributed by atoms with Crippen LogP contribution in [0.4, 0.5) is 0 Å². The van der Waals surface area contributed by atoms with Crippen LogP contribution < -0.4 is 11.1 Å². The molecule has 1 unspecified atom stereocenters. The molecule has 0 aromatic rings. The Morgan fingerprint density at radius 1 is 1.60 bits per heavy atom. The highest BCUT2D eigenvalue weighted by molar-refractivity contribution is 7.73. The minimum atomic E-state index is -2.10. The van der Waals surface area contributed by atoms with E-state index in [1.807, 2.05) is 0 Å². The molecule has 0 aromatic heterocycles. The molecule has 5 heteroatoms. The zero-order chi connectivity index (χ0) is 7.56. The lowest BCUT2D eigenvalue weighted by atomic mass is 10.1. The standard InChI is InChI=1S/C5H10N2O2S/c6-4-1-2-7-3-5(4)10(8)9/h4,7H,1-3,6H2. The highest BCUT2D eigenvalue weighted by Gasteiger charge is 2.16. The van der Waals surface area contributed by atoms with Crippen molar-refractivity contribution in [2.24, 2.45) is 5.73 Å². The lowest BCUT2D eigenvalue weighted by molar-refractivity contribution is 0.609. The third-order valence-corrected chi connectivity index (χ3v) is 2.43. The minimum absolute atomic E-state index is 0.264. The number of hydrogen-bond donors (Lipinski definition) is 2. The highest BCUT2D eigenvalue weighted by atomic mass is 32.2. The van der Waals surface area contributed by atoms with Gasteiger partial charge in [-0.05, 0) is 13.0 Å². The van der Waals surface area contributed by atoms with Gasteiger partial charge in [-0.15, -0.1) is 0 Å². The molecule has 1 atom stereocenters. The Kier molecular flexibility index (Phi) is 2.42. The largest absolute Gasteiger partial charge is 0.323 e. The van der Waals surface area contributed by atoms with E-state index in [0.29, 0.717) is 17.8 Å². The summed E-state index contributed by atoms with van der Waals surface area (Å²) in [6.45, 7) is 1.22. The van der Waals surface area contributed by atoms with Crippen molar-refractivity contribution in [3.05, 3.63) is 0 Å². The normalized spacial score (nSPS) is 26.5. The summed E-state index contributed by atoms with van der Waals surface area (Å²) >= 11 is 0. The Morgan fingerprint density at radius 3 is 2.70 bits per heavy atom. The van der Waals surface area contributed by atoms with Gasteiger partial charge in [-0.2, -0.15) is 8.42 Å². The maximum atomic E-state index is 10.4. The molecule has 0 aromatic carbocycles. The van der Waals surface area contributed by atoms with Crippen LogP contribution in [0.1, 0.15) is 6.42 Å². The van der Waals surface area contributed by atoms with Crippen LogP contribution in [0.2, 0.25) is 0 Å². The maximum Gasteiger partial charge on any atom is 0.216 e. The molecule has 58 valence electrons. The van der Waals surface area contributed by atoms with Crippen LogP contribution in [0, 0.1) is 0 Å². The number of nitrogens with one attached hydrogen (secondary N) is 1. The number of nitrogens with two attached hydrogens (primary N) is 1. The molecular formula is C5H10N2O2S. The van der Waals surface area contributed by atoms with Gasteiger partial charge < -0.3 is 11.1 Å². The molecule has 10 heavy (non-hydrogen) atoms. The van der Waals surface area contributed by atoms with E-state index in [1.54, 1.807) is 0 Å². The predicted octanol–water partition coefficient (Wildman–Crippen LogP) is -1.64. The van der Waals surface area contributed by atoms with Crippen LogP contribution in [0.25, 0.3) is 0 Å². The van der Waals surface area contributed by atoms with Crippen molar-refractivity contribution >= 4 is 15.2 Å². The second kappa shape index (κ2) is 3.14. The summed E-state index contributed by atoms with van der Waals surface area (Å²) in [5, 5.41) is 2.94. The van der Waals surface area contributed by atoms with Crippen molar-refractivity contribution in [3.8, 4) is 0 Å². The van der Waals surface area contributed by atoms with E-state index in [0.717, 1.165) is 6.54 Å². The number of hydrogen-bond acceptors (Lipinski definition) is 4. The van der Waals surface area contributed by atoms with Gasteiger partial charge in [0.1, 0.15) is 0 Å². The van der Waals surface area contributed by atoms with E-state index in [1.165, 1.54) is 0 Å². The van der Waals surface area contributed by atoms with E-state index >= 15 is 0 Å². The van der Waals surface area contributed by atoms with Crippen molar-refractivity contribution in [3.63, 3.8) is 0 Å². The Balaban J connectivity index is 2.86. The first kappa shape index (κ1) is 7.71. The average molecular weight is 162 g/mol. The smallest absolute Gasteiger partial charge is 0.216 e. The third kappa shape index (κ3) is 1.56. The zero-order valence-corrected chi connectivity index (χ0v) is 6.32. The molecule has 1 aliphatic rings. The molecule has 1 rings (SSSR count). The first-order chi connectivity index (χ1) is 4.72. The van der Waals surface area contributed by atoms with Gasteiger partial charge in [-0.3, -0.25) is 0 Å². The Labute approximate surface area is 60.9 Å². The fourth-order valence-corrected chi connectivity index (χ4v) is 1.53. The molecule has 3 N–H and O–H groups in total. The van der Waals surface area contributed by atoms with E-state index in [4.69, 9.17) is 5.73 Å². The van der Waals surface area contributed by atoms with Gasteiger partial charge >= 0.3 is 0 Å². The van der Waals surface area contributed by atoms with E-state index in [2.05, 4.69) is 5.32 Å². The molecule has 1 saturated heterocycles. The van der Waals surface area contributed by atoms with Crippen molar-refractivity contribution in [1.82, 2.24) is 5.32 Å². The summed E-state index contributed by atoms with van der Waals surface area (Å²) in [5.74, 6) is 0. The van der Waals surface area contributed by atoms with Gasteiger partial charge in [-0.1, -0.05) is 0 Å². The second-order valence-electron chi connectivity index (χ2n) is 2.27. The molecule has 0 spiro atoms. The lowest BCUT2D eigenvalue weighted by Gasteiger charge is -2.18. The number of rotatable bonds is 0. The van der Waals surface area contributed by atoms with Gasteiger partial charge in [-0.25, -0.2) is 0 Å². The molecule has 1 heterocycles. The molecule has 4 nitrogen and oxygen atoms in total. The van der Waals surface area contributed by atoms with Crippen molar-refractivity contribution < 1.29 is 8.42 Å². The Bertz CT molecular complexity index is 236. The SMILES string of the molecule is NC1CCNCC1=S(=O)=O. The second-order valence-corrected chi connectivity index (χ2v) is 3.27. The summed E-state index contributed by atoms with van der Waals surface area (Å²) in [5.41, 5.74) is 5.51. The van der Waals surface area contributed by atoms with Crippen molar-refractivity contribution in [2.75, 3.05) is 13.1 Å². The molecule has 0 amide bonds. The minimum Gasteiger partial charge on any atom is -0.323 e. The van der Waals surface area contributed by atoms with Crippen LogP contribution in [0.15, 0.2) is 0 Å². The summed E-state index contributed by atoms with van der Waals surface area (Å²) in [4.78, 5) is 0.395. The van der Waals surface area contributed by atoms with Gasteiger partial charge in [0.2, 0.25) is 10.3 Å². The van der Waals surface area contributed by atoms with Gasteiger partial charge in [0.05, 0.1) is 4.86 Å². The molecule has 0 bridgehead atoms. The average Bonchev–Trinajstić information content (AvgIpc) is 1.88. The Hall–Kier alpha value is -0.390. The van der Waals surface area contributed by atoms with Gasteiger partial charge in [0.25, 0.3) is 0 Å². The molecule has 0 saturated carbocycles. The van der Waals surface area contributed by atoms with Crippen LogP contribution >= 0.6 is 0 Å². The summed E-state index contributed by atoms with van der Waals surface area (Å²) < 4.78 is 20.8. The fraction of sp³-hybridized carbons (Fsp3) is 0.800. The van der Waals surface area contributed by atoms with Crippen molar-refractivity contribution in [1.29, 1.82) is 0 Å². The monoisotopic (exact) mass is 162 g/mol. The summed E-state index contributed by atoms with van der Waals surface area (Å²) in [6, 6.07) is -0.264. The van der Waals surface area contributed by atoms with Gasteiger partial charge in [0.15, 0.2) is 0 Å². The van der Waals surface area contributed by atoms with E-state index < -0.39 is 10.3 Å². The zero-order valence-electron chi connectivity index (χ0n) is 5.50. The lowest BCUT2D eigenvalue weighted by Crippen LogP contribution is -2.45. The molecular weight excluding hydrogens is 152 g/mol. The maximum absolute atomic E-state index is 10.4. The van der Waals surface area contributed by atoms with Crippen molar-refractivity contribution in [2.45, 2.75) is 12.5 Å². The van der Waals surface area contributed by atoms with Crippen LogP contribution in [-0.4, -0.2) is 32.4 Å². The topological polar surface area (TPSA) is 72.2 Å². The summed E-state index contributed by atoms with van der Waals surface area (Å²) in [7, 11) is -2.10. The van der Waals surface area contributed by atoms with Crippen LogP contribution in [0.5, 0.6) is 0 Å². The first-order valence-corrected chi connectivity index (χ1v) is 4.20. The predicted molar refractivity (Wildman–Crippen MR) is 39.4 cm³/mol. The first-order valence-electron chi connectivity index (χ1n) is 3.13. The fourth-order valence-electron chi connectivity index (χ4n) is 0.944. The molecule has 1 aliphatic heterocycles. The number of piperidine rings is 1. The third-order valence-electron chi connectivity index (χ3n) is 1.56. The molecule has 0 aliphatic carbocycles.